The first kappa shape index (κ1) is 48.9. The molecule has 4 N–H and O–H groups in total. The van der Waals surface area contributed by atoms with Crippen LogP contribution in [0.3, 0.4) is 0 Å². The van der Waals surface area contributed by atoms with E-state index < -0.39 is 32.5 Å². The first-order valence-electron chi connectivity index (χ1n) is 19.7. The van der Waals surface area contributed by atoms with Gasteiger partial charge >= 0.3 is 19.8 Å². The minimum Gasteiger partial charge on any atom is -0.462 e. The maximum atomic E-state index is 12.5. The summed E-state index contributed by atoms with van der Waals surface area (Å²) in [5.74, 6) is -0.923. The van der Waals surface area contributed by atoms with Gasteiger partial charge in [-0.15, -0.1) is 0 Å². The van der Waals surface area contributed by atoms with Crippen LogP contribution in [0.2, 0.25) is 0 Å². The Labute approximate surface area is 309 Å². The number of esters is 2. The van der Waals surface area contributed by atoms with Gasteiger partial charge in [-0.2, -0.15) is 0 Å². The van der Waals surface area contributed by atoms with E-state index in [1.54, 1.807) is 0 Å². The van der Waals surface area contributed by atoms with Crippen LogP contribution in [0.25, 0.3) is 0 Å². The van der Waals surface area contributed by atoms with E-state index in [0.29, 0.717) is 19.3 Å². The number of carbonyl (C=O) groups is 2. The Morgan fingerprint density at radius 3 is 1.90 bits per heavy atom. The van der Waals surface area contributed by atoms with Gasteiger partial charge < -0.3 is 25.2 Å². The summed E-state index contributed by atoms with van der Waals surface area (Å²) in [6, 6.07) is 0. The molecule has 0 fully saturated rings. The molecular weight excluding hydrogens is 669 g/mol. The van der Waals surface area contributed by atoms with Crippen molar-refractivity contribution >= 4 is 19.8 Å². The van der Waals surface area contributed by atoms with Gasteiger partial charge in [-0.05, 0) is 38.5 Å². The van der Waals surface area contributed by atoms with E-state index in [-0.39, 0.29) is 38.7 Å². The van der Waals surface area contributed by atoms with Gasteiger partial charge in [0.1, 0.15) is 6.61 Å². The molecule has 0 heterocycles. The number of aliphatic hydroxyl groups excluding tert-OH is 1. The highest BCUT2D eigenvalue weighted by molar-refractivity contribution is 7.47. The standard InChI is InChI=1S/C40H72NO9P/c1-3-5-7-8-9-10-11-14-18-21-24-28-32-40(44)50-38(36-49-51(45,46)48-34-33-41)35-47-39(43)31-27-23-20-17-15-12-13-16-19-22-26-30-37(42)29-25-6-4-2/h12-13,17,19-20,22,26,30,37-38,42H,3-11,14-16,18,21,23-25,27-29,31-36,41H2,1-2H3,(H,45,46)/b13-12-,20-17-,22-19-,30-26+/t37-,38-/m1/s1. The lowest BCUT2D eigenvalue weighted by Crippen LogP contribution is -2.29. The van der Waals surface area contributed by atoms with Crippen molar-refractivity contribution in [3.05, 3.63) is 48.6 Å². The third-order valence-corrected chi connectivity index (χ3v) is 9.06. The minimum absolute atomic E-state index is 0.0386. The number of aliphatic hydroxyl groups is 1. The van der Waals surface area contributed by atoms with Crippen LogP contribution in [-0.4, -0.2) is 60.5 Å². The molecule has 0 aliphatic heterocycles. The highest BCUT2D eigenvalue weighted by Gasteiger charge is 2.25. The van der Waals surface area contributed by atoms with Crippen molar-refractivity contribution in [2.45, 2.75) is 167 Å². The topological polar surface area (TPSA) is 155 Å². The number of hydrogen-bond donors (Lipinski definition) is 3. The summed E-state index contributed by atoms with van der Waals surface area (Å²) in [5.41, 5.74) is 5.32. The summed E-state index contributed by atoms with van der Waals surface area (Å²) in [6.07, 6.45) is 36.2. The number of ether oxygens (including phenoxy) is 2. The lowest BCUT2D eigenvalue weighted by Gasteiger charge is -2.19. The molecule has 3 atom stereocenters. The second kappa shape index (κ2) is 36.3. The molecule has 51 heavy (non-hydrogen) atoms. The Bertz CT molecular complexity index is 998. The maximum Gasteiger partial charge on any atom is 0.472 e. The number of rotatable bonds is 36. The Balaban J connectivity index is 4.34. The molecule has 0 aromatic rings. The molecule has 0 aliphatic carbocycles. The lowest BCUT2D eigenvalue weighted by atomic mass is 10.0. The average Bonchev–Trinajstić information content (AvgIpc) is 3.11. The zero-order valence-corrected chi connectivity index (χ0v) is 32.8. The van der Waals surface area contributed by atoms with Crippen LogP contribution in [0.5, 0.6) is 0 Å². The van der Waals surface area contributed by atoms with Crippen LogP contribution >= 0.6 is 7.82 Å². The zero-order chi connectivity index (χ0) is 37.7. The molecule has 0 saturated heterocycles. The quantitative estimate of drug-likeness (QED) is 0.0186. The third-order valence-electron chi connectivity index (χ3n) is 8.07. The molecule has 1 unspecified atom stereocenters. The molecule has 11 heteroatoms. The fraction of sp³-hybridized carbons (Fsp3) is 0.750. The summed E-state index contributed by atoms with van der Waals surface area (Å²) >= 11 is 0. The Hall–Kier alpha value is -2.07. The van der Waals surface area contributed by atoms with Gasteiger partial charge in [0.2, 0.25) is 0 Å². The predicted molar refractivity (Wildman–Crippen MR) is 207 cm³/mol. The van der Waals surface area contributed by atoms with Gasteiger partial charge in [0, 0.05) is 19.4 Å². The zero-order valence-electron chi connectivity index (χ0n) is 31.9. The highest BCUT2D eigenvalue weighted by atomic mass is 31.2. The number of phosphoric ester groups is 1. The molecule has 0 rings (SSSR count). The molecule has 0 aromatic carbocycles. The molecule has 10 nitrogen and oxygen atoms in total. The van der Waals surface area contributed by atoms with Gasteiger partial charge in [-0.1, -0.05) is 152 Å². The maximum absolute atomic E-state index is 12.5. The van der Waals surface area contributed by atoms with Crippen LogP contribution in [0.15, 0.2) is 48.6 Å². The number of unbranched alkanes of at least 4 members (excludes halogenated alkanes) is 14. The third kappa shape index (κ3) is 36.1. The summed E-state index contributed by atoms with van der Waals surface area (Å²) < 4.78 is 32.6. The normalized spacial score (nSPS) is 14.5. The van der Waals surface area contributed by atoms with Crippen LogP contribution in [0.4, 0.5) is 0 Å². The van der Waals surface area contributed by atoms with Crippen LogP contribution < -0.4 is 5.73 Å². The smallest absolute Gasteiger partial charge is 0.462 e. The second-order valence-electron chi connectivity index (χ2n) is 13.0. The average molecular weight is 742 g/mol. The number of phosphoric acid groups is 1. The van der Waals surface area contributed by atoms with E-state index in [2.05, 4.69) is 26.0 Å². The Morgan fingerprint density at radius 1 is 0.686 bits per heavy atom. The van der Waals surface area contributed by atoms with E-state index in [9.17, 15) is 24.2 Å². The number of carbonyl (C=O) groups excluding carboxylic acids is 2. The fourth-order valence-electron chi connectivity index (χ4n) is 5.09. The van der Waals surface area contributed by atoms with Crippen molar-refractivity contribution in [3.63, 3.8) is 0 Å². The Kier molecular flexibility index (Phi) is 34.8. The summed E-state index contributed by atoms with van der Waals surface area (Å²) in [7, 11) is -4.39. The highest BCUT2D eigenvalue weighted by Crippen LogP contribution is 2.43. The lowest BCUT2D eigenvalue weighted by molar-refractivity contribution is -0.161. The largest absolute Gasteiger partial charge is 0.472 e. The summed E-state index contributed by atoms with van der Waals surface area (Å²) in [5, 5.41) is 9.87. The van der Waals surface area contributed by atoms with E-state index in [4.69, 9.17) is 24.3 Å². The minimum atomic E-state index is -4.39. The van der Waals surface area contributed by atoms with Crippen molar-refractivity contribution in [3.8, 4) is 0 Å². The van der Waals surface area contributed by atoms with Crippen molar-refractivity contribution in [2.75, 3.05) is 26.4 Å². The number of hydrogen-bond acceptors (Lipinski definition) is 9. The van der Waals surface area contributed by atoms with E-state index >= 15 is 0 Å². The molecule has 0 spiro atoms. The molecular formula is C40H72NO9P. The van der Waals surface area contributed by atoms with E-state index in [0.717, 1.165) is 57.8 Å². The van der Waals surface area contributed by atoms with Crippen molar-refractivity contribution < 1.29 is 42.7 Å². The molecule has 0 bridgehead atoms. The van der Waals surface area contributed by atoms with E-state index in [1.165, 1.54) is 51.4 Å². The van der Waals surface area contributed by atoms with Gasteiger partial charge in [0.05, 0.1) is 19.3 Å². The predicted octanol–water partition coefficient (Wildman–Crippen LogP) is 9.74. The van der Waals surface area contributed by atoms with Crippen LogP contribution in [0, 0.1) is 0 Å². The van der Waals surface area contributed by atoms with Crippen molar-refractivity contribution in [2.24, 2.45) is 5.73 Å². The SMILES string of the molecule is CCCCCCCCCCCCCCC(=O)O[C@H](COC(=O)CCC/C=C\C/C=C\C/C=C\C=C\[C@H](O)CCCCC)COP(=O)(O)OCCN. The monoisotopic (exact) mass is 741 g/mol. The summed E-state index contributed by atoms with van der Waals surface area (Å²) in [6.45, 7) is 3.51. The Morgan fingerprint density at radius 2 is 1.25 bits per heavy atom. The molecule has 0 radical (unpaired) electrons. The molecule has 0 aliphatic rings. The van der Waals surface area contributed by atoms with Crippen molar-refractivity contribution in [1.29, 1.82) is 0 Å². The van der Waals surface area contributed by atoms with Gasteiger partial charge in [-0.3, -0.25) is 18.6 Å². The fourth-order valence-corrected chi connectivity index (χ4v) is 5.85. The van der Waals surface area contributed by atoms with Gasteiger partial charge in [0.15, 0.2) is 6.10 Å². The second-order valence-corrected chi connectivity index (χ2v) is 14.5. The van der Waals surface area contributed by atoms with E-state index in [1.807, 2.05) is 36.5 Å². The van der Waals surface area contributed by atoms with Crippen molar-refractivity contribution in [1.82, 2.24) is 0 Å². The number of nitrogens with two attached hydrogens (primary N) is 1. The van der Waals surface area contributed by atoms with Crippen LogP contribution in [0.1, 0.15) is 155 Å². The molecule has 0 aromatic heterocycles. The van der Waals surface area contributed by atoms with Gasteiger partial charge in [0.25, 0.3) is 0 Å². The molecule has 0 saturated carbocycles. The molecule has 0 amide bonds. The summed E-state index contributed by atoms with van der Waals surface area (Å²) in [4.78, 5) is 34.7. The van der Waals surface area contributed by atoms with Gasteiger partial charge in [-0.25, -0.2) is 4.57 Å². The van der Waals surface area contributed by atoms with Crippen LogP contribution in [-0.2, 0) is 32.7 Å². The number of allylic oxidation sites excluding steroid dienone is 7. The molecule has 296 valence electrons. The first-order valence-corrected chi connectivity index (χ1v) is 21.2. The first-order chi connectivity index (χ1) is 24.7.